The zero-order valence-corrected chi connectivity index (χ0v) is 11.6. The van der Waals surface area contributed by atoms with Crippen molar-refractivity contribution < 1.29 is 14.1 Å². The first-order valence-electron chi connectivity index (χ1n) is 7.22. The molecule has 0 bridgehead atoms. The summed E-state index contributed by atoms with van der Waals surface area (Å²) in [6.45, 7) is 0.522. The van der Waals surface area contributed by atoms with Crippen LogP contribution in [0, 0.1) is 0 Å². The molecular formula is C14H21N3O3. The second-order valence-corrected chi connectivity index (χ2v) is 5.17. The van der Waals surface area contributed by atoms with Crippen molar-refractivity contribution in [2.24, 2.45) is 5.73 Å². The molecule has 2 amide bonds. The number of unbranched alkanes of at least 4 members (excludes halogenated alkanes) is 1. The number of nitrogens with two attached hydrogens (primary N) is 1. The number of hydrogen-bond acceptors (Lipinski definition) is 4. The Kier molecular flexibility index (Phi) is 5.15. The van der Waals surface area contributed by atoms with Gasteiger partial charge in [0.15, 0.2) is 5.69 Å². The fourth-order valence-corrected chi connectivity index (χ4v) is 2.45. The van der Waals surface area contributed by atoms with Crippen LogP contribution in [0.4, 0.5) is 0 Å². The van der Waals surface area contributed by atoms with Crippen LogP contribution in [-0.4, -0.2) is 23.5 Å². The van der Waals surface area contributed by atoms with Gasteiger partial charge in [-0.3, -0.25) is 9.59 Å². The Labute approximate surface area is 118 Å². The lowest BCUT2D eigenvalue weighted by atomic mass is 10.1. The van der Waals surface area contributed by atoms with Crippen molar-refractivity contribution in [3.63, 3.8) is 0 Å². The second kappa shape index (κ2) is 7.07. The first-order chi connectivity index (χ1) is 9.68. The van der Waals surface area contributed by atoms with Gasteiger partial charge in [0, 0.05) is 24.9 Å². The van der Waals surface area contributed by atoms with Gasteiger partial charge in [-0.25, -0.2) is 0 Å². The predicted octanol–water partition coefficient (Wildman–Crippen LogP) is 1.33. The maximum Gasteiger partial charge on any atom is 0.273 e. The zero-order valence-electron chi connectivity index (χ0n) is 11.6. The number of carbonyl (C=O) groups excluding carboxylic acids is 2. The number of aryl methyl sites for hydroxylation is 1. The molecule has 0 unspecified atom stereocenters. The lowest BCUT2D eigenvalue weighted by Crippen LogP contribution is -2.26. The summed E-state index contributed by atoms with van der Waals surface area (Å²) < 4.78 is 5.28. The van der Waals surface area contributed by atoms with Crippen LogP contribution in [0.25, 0.3) is 0 Å². The maximum atomic E-state index is 12.1. The summed E-state index contributed by atoms with van der Waals surface area (Å²) in [5.41, 5.74) is 6.45. The number of amides is 2. The van der Waals surface area contributed by atoms with E-state index in [4.69, 9.17) is 10.3 Å². The van der Waals surface area contributed by atoms with Crippen LogP contribution < -0.4 is 11.1 Å². The fraction of sp³-hybridized carbons (Fsp3) is 0.643. The van der Waals surface area contributed by atoms with Gasteiger partial charge >= 0.3 is 0 Å². The number of carbonyl (C=O) groups is 2. The number of nitrogens with zero attached hydrogens (tertiary/aromatic N) is 1. The number of nitrogens with one attached hydrogen (secondary N) is 1. The smallest absolute Gasteiger partial charge is 0.273 e. The molecule has 110 valence electrons. The van der Waals surface area contributed by atoms with Gasteiger partial charge < -0.3 is 15.6 Å². The SMILES string of the molecule is NC(=O)CCCCNC(=O)c1noc2c1CCCCC2. The molecule has 20 heavy (non-hydrogen) atoms. The molecule has 0 aliphatic heterocycles. The molecule has 1 heterocycles. The summed E-state index contributed by atoms with van der Waals surface area (Å²) in [7, 11) is 0. The molecule has 6 nitrogen and oxygen atoms in total. The summed E-state index contributed by atoms with van der Waals surface area (Å²) in [6, 6.07) is 0. The molecule has 0 fully saturated rings. The zero-order chi connectivity index (χ0) is 14.4. The van der Waals surface area contributed by atoms with E-state index in [2.05, 4.69) is 10.5 Å². The fourth-order valence-electron chi connectivity index (χ4n) is 2.45. The first-order valence-corrected chi connectivity index (χ1v) is 7.22. The molecule has 1 aliphatic carbocycles. The topological polar surface area (TPSA) is 98.2 Å². The molecule has 1 aromatic rings. The Hall–Kier alpha value is -1.85. The summed E-state index contributed by atoms with van der Waals surface area (Å²) in [5, 5.41) is 6.72. The monoisotopic (exact) mass is 279 g/mol. The van der Waals surface area contributed by atoms with Crippen LogP contribution in [0.1, 0.15) is 60.3 Å². The molecule has 3 N–H and O–H groups in total. The molecular weight excluding hydrogens is 258 g/mol. The highest BCUT2D eigenvalue weighted by Gasteiger charge is 2.22. The molecule has 0 aromatic carbocycles. The van der Waals surface area contributed by atoms with E-state index in [9.17, 15) is 9.59 Å². The van der Waals surface area contributed by atoms with Crippen LogP contribution in [0.2, 0.25) is 0 Å². The number of aromatic nitrogens is 1. The van der Waals surface area contributed by atoms with Gasteiger partial charge in [0.1, 0.15) is 5.76 Å². The average molecular weight is 279 g/mol. The van der Waals surface area contributed by atoms with Gasteiger partial charge in [-0.2, -0.15) is 0 Å². The third-order valence-electron chi connectivity index (χ3n) is 3.55. The maximum absolute atomic E-state index is 12.1. The van der Waals surface area contributed by atoms with Crippen molar-refractivity contribution >= 4 is 11.8 Å². The Morgan fingerprint density at radius 3 is 2.80 bits per heavy atom. The van der Waals surface area contributed by atoms with Gasteiger partial charge in [0.25, 0.3) is 5.91 Å². The van der Waals surface area contributed by atoms with E-state index in [1.807, 2.05) is 0 Å². The second-order valence-electron chi connectivity index (χ2n) is 5.17. The normalized spacial score (nSPS) is 14.4. The summed E-state index contributed by atoms with van der Waals surface area (Å²) in [5.74, 6) is 0.371. The van der Waals surface area contributed by atoms with Crippen molar-refractivity contribution in [2.75, 3.05) is 6.54 Å². The lowest BCUT2D eigenvalue weighted by Gasteiger charge is -2.04. The molecule has 0 saturated carbocycles. The Morgan fingerprint density at radius 2 is 2.00 bits per heavy atom. The number of rotatable bonds is 6. The predicted molar refractivity (Wildman–Crippen MR) is 73.1 cm³/mol. The minimum atomic E-state index is -0.307. The van der Waals surface area contributed by atoms with Crippen molar-refractivity contribution in [3.8, 4) is 0 Å². The molecule has 6 heteroatoms. The summed E-state index contributed by atoms with van der Waals surface area (Å²) in [4.78, 5) is 22.7. The van der Waals surface area contributed by atoms with E-state index in [1.165, 1.54) is 6.42 Å². The number of fused-ring (bicyclic) bond motifs is 1. The number of hydrogen-bond donors (Lipinski definition) is 2. The average Bonchev–Trinajstić information content (AvgIpc) is 2.67. The van der Waals surface area contributed by atoms with Crippen LogP contribution >= 0.6 is 0 Å². The quantitative estimate of drug-likeness (QED) is 0.606. The molecule has 0 radical (unpaired) electrons. The molecule has 2 rings (SSSR count). The minimum Gasteiger partial charge on any atom is -0.370 e. The van der Waals surface area contributed by atoms with E-state index in [-0.39, 0.29) is 11.8 Å². The Balaban J connectivity index is 1.83. The van der Waals surface area contributed by atoms with Gasteiger partial charge in [0.05, 0.1) is 0 Å². The van der Waals surface area contributed by atoms with E-state index in [1.54, 1.807) is 0 Å². The van der Waals surface area contributed by atoms with Crippen LogP contribution in [-0.2, 0) is 17.6 Å². The van der Waals surface area contributed by atoms with Gasteiger partial charge in [0.2, 0.25) is 5.91 Å². The van der Waals surface area contributed by atoms with Gasteiger partial charge in [-0.15, -0.1) is 0 Å². The van der Waals surface area contributed by atoms with Crippen LogP contribution in [0.5, 0.6) is 0 Å². The highest BCUT2D eigenvalue weighted by molar-refractivity contribution is 5.93. The van der Waals surface area contributed by atoms with Crippen molar-refractivity contribution in [1.82, 2.24) is 10.5 Å². The van der Waals surface area contributed by atoms with Gasteiger partial charge in [-0.1, -0.05) is 11.6 Å². The van der Waals surface area contributed by atoms with Crippen molar-refractivity contribution in [2.45, 2.75) is 51.4 Å². The highest BCUT2D eigenvalue weighted by atomic mass is 16.5. The number of primary amides is 1. The molecule has 0 saturated heterocycles. The van der Waals surface area contributed by atoms with E-state index < -0.39 is 0 Å². The van der Waals surface area contributed by atoms with Crippen LogP contribution in [0.3, 0.4) is 0 Å². The highest BCUT2D eigenvalue weighted by Crippen LogP contribution is 2.23. The molecule has 0 atom stereocenters. The van der Waals surface area contributed by atoms with Crippen LogP contribution in [0.15, 0.2) is 4.52 Å². The Bertz CT molecular complexity index is 482. The molecule has 0 spiro atoms. The standard InChI is InChI=1S/C14H21N3O3/c15-12(18)8-4-5-9-16-14(19)13-10-6-2-1-3-7-11(10)20-17-13/h1-9H2,(H2,15,18)(H,16,19). The summed E-state index contributed by atoms with van der Waals surface area (Å²) >= 11 is 0. The van der Waals surface area contributed by atoms with Crippen molar-refractivity contribution in [1.29, 1.82) is 0 Å². The third kappa shape index (κ3) is 3.82. The minimum absolute atomic E-state index is 0.184. The van der Waals surface area contributed by atoms with E-state index >= 15 is 0 Å². The third-order valence-corrected chi connectivity index (χ3v) is 3.55. The van der Waals surface area contributed by atoms with Gasteiger partial charge in [-0.05, 0) is 32.1 Å². The van der Waals surface area contributed by atoms with E-state index in [0.717, 1.165) is 43.4 Å². The largest absolute Gasteiger partial charge is 0.370 e. The molecule has 1 aliphatic rings. The first kappa shape index (κ1) is 14.6. The van der Waals surface area contributed by atoms with Crippen molar-refractivity contribution in [3.05, 3.63) is 17.0 Å². The summed E-state index contributed by atoms with van der Waals surface area (Å²) in [6.07, 6.45) is 6.84. The lowest BCUT2D eigenvalue weighted by molar-refractivity contribution is -0.118. The molecule has 1 aromatic heterocycles. The Morgan fingerprint density at radius 1 is 1.20 bits per heavy atom. The van der Waals surface area contributed by atoms with E-state index in [0.29, 0.717) is 25.1 Å².